The Labute approximate surface area is 142 Å². The molecule has 25 heavy (non-hydrogen) atoms. The third kappa shape index (κ3) is 3.81. The number of carbonyl (C=O) groups excluding carboxylic acids is 1. The van der Waals surface area contributed by atoms with Gasteiger partial charge >= 0.3 is 11.8 Å². The second-order valence-electron chi connectivity index (χ2n) is 4.92. The van der Waals surface area contributed by atoms with Crippen molar-refractivity contribution in [2.45, 2.75) is 0 Å². The molecule has 8 nitrogen and oxygen atoms in total. The monoisotopic (exact) mass is 338 g/mol. The highest BCUT2D eigenvalue weighted by Crippen LogP contribution is 2.25. The molecule has 3 rings (SSSR count). The number of ether oxygens (including phenoxy) is 1. The largest absolute Gasteiger partial charge is 0.504 e. The van der Waals surface area contributed by atoms with Crippen LogP contribution in [0.2, 0.25) is 0 Å². The molecule has 1 aromatic heterocycles. The van der Waals surface area contributed by atoms with Crippen LogP contribution in [0.3, 0.4) is 0 Å². The minimum Gasteiger partial charge on any atom is -0.504 e. The maximum atomic E-state index is 12.0. The number of phenols is 1. The number of carbonyl (C=O) groups is 1. The molecule has 8 heteroatoms. The Balaban J connectivity index is 1.66. The number of nitrogens with one attached hydrogen (secondary N) is 1. The third-order valence-electron chi connectivity index (χ3n) is 3.24. The van der Waals surface area contributed by atoms with Crippen molar-refractivity contribution in [3.05, 3.63) is 60.0 Å². The maximum absolute atomic E-state index is 12.0. The number of methoxy groups -OCH3 is 1. The Morgan fingerprint density at radius 2 is 2.08 bits per heavy atom. The van der Waals surface area contributed by atoms with Gasteiger partial charge in [-0.3, -0.25) is 4.79 Å². The van der Waals surface area contributed by atoms with E-state index in [0.717, 1.165) is 5.56 Å². The molecule has 0 saturated carbocycles. The van der Waals surface area contributed by atoms with E-state index in [2.05, 4.69) is 20.7 Å². The van der Waals surface area contributed by atoms with E-state index >= 15 is 0 Å². The van der Waals surface area contributed by atoms with Crippen LogP contribution in [0.1, 0.15) is 16.2 Å². The third-order valence-corrected chi connectivity index (χ3v) is 3.24. The molecule has 0 spiro atoms. The van der Waals surface area contributed by atoms with E-state index in [0.29, 0.717) is 17.1 Å². The van der Waals surface area contributed by atoms with Crippen LogP contribution in [0.25, 0.3) is 11.4 Å². The van der Waals surface area contributed by atoms with E-state index in [1.165, 1.54) is 19.4 Å². The zero-order chi connectivity index (χ0) is 17.6. The lowest BCUT2D eigenvalue weighted by Crippen LogP contribution is -2.17. The predicted molar refractivity (Wildman–Crippen MR) is 89.5 cm³/mol. The average Bonchev–Trinajstić information content (AvgIpc) is 3.14. The van der Waals surface area contributed by atoms with Gasteiger partial charge in [-0.2, -0.15) is 10.1 Å². The number of rotatable bonds is 5. The molecule has 0 radical (unpaired) electrons. The molecule has 0 aliphatic heterocycles. The summed E-state index contributed by atoms with van der Waals surface area (Å²) in [7, 11) is 1.44. The van der Waals surface area contributed by atoms with Gasteiger partial charge in [0.25, 0.3) is 0 Å². The highest BCUT2D eigenvalue weighted by atomic mass is 16.5. The predicted octanol–water partition coefficient (Wildman–Crippen LogP) is 2.21. The van der Waals surface area contributed by atoms with Gasteiger partial charge in [-0.15, -0.1) is 0 Å². The van der Waals surface area contributed by atoms with Gasteiger partial charge in [0.1, 0.15) is 0 Å². The average molecular weight is 338 g/mol. The summed E-state index contributed by atoms with van der Waals surface area (Å²) in [6, 6.07) is 13.8. The molecule has 0 atom stereocenters. The van der Waals surface area contributed by atoms with Crippen LogP contribution < -0.4 is 10.2 Å². The minimum absolute atomic E-state index is 0.0167. The summed E-state index contributed by atoms with van der Waals surface area (Å²) in [4.78, 5) is 16.0. The minimum atomic E-state index is -0.628. The molecular formula is C17H14N4O4. The zero-order valence-electron chi connectivity index (χ0n) is 13.2. The number of hydrazone groups is 1. The molecule has 2 N–H and O–H groups in total. The first-order valence-corrected chi connectivity index (χ1v) is 7.27. The SMILES string of the molecule is COc1cc(/C=N/NC(=O)c2nc(-c3ccccc3)no2)ccc1O. The van der Waals surface area contributed by atoms with E-state index in [9.17, 15) is 9.90 Å². The molecule has 1 amide bonds. The molecule has 126 valence electrons. The highest BCUT2D eigenvalue weighted by Gasteiger charge is 2.15. The summed E-state index contributed by atoms with van der Waals surface area (Å²) >= 11 is 0. The molecular weight excluding hydrogens is 324 g/mol. The number of phenolic OH excluding ortho intramolecular Hbond substituents is 1. The molecule has 1 heterocycles. The summed E-state index contributed by atoms with van der Waals surface area (Å²) in [5.41, 5.74) is 3.67. The molecule has 0 aliphatic carbocycles. The Kier molecular flexibility index (Phi) is 4.70. The van der Waals surface area contributed by atoms with Gasteiger partial charge in [0.15, 0.2) is 11.5 Å². The number of hydrogen-bond acceptors (Lipinski definition) is 7. The number of benzene rings is 2. The van der Waals surface area contributed by atoms with Gasteiger partial charge in [0.2, 0.25) is 5.82 Å². The van der Waals surface area contributed by atoms with E-state index in [1.54, 1.807) is 12.1 Å². The van der Waals surface area contributed by atoms with Crippen LogP contribution in [-0.4, -0.2) is 34.5 Å². The van der Waals surface area contributed by atoms with Gasteiger partial charge in [0, 0.05) is 5.56 Å². The van der Waals surface area contributed by atoms with Crippen molar-refractivity contribution >= 4 is 12.1 Å². The van der Waals surface area contributed by atoms with Crippen molar-refractivity contribution in [1.29, 1.82) is 0 Å². The Morgan fingerprint density at radius 1 is 1.28 bits per heavy atom. The first-order valence-electron chi connectivity index (χ1n) is 7.27. The van der Waals surface area contributed by atoms with Crippen LogP contribution >= 0.6 is 0 Å². The van der Waals surface area contributed by atoms with Crippen LogP contribution in [-0.2, 0) is 0 Å². The van der Waals surface area contributed by atoms with E-state index < -0.39 is 5.91 Å². The molecule has 3 aromatic rings. The summed E-state index contributed by atoms with van der Waals surface area (Å²) in [6.45, 7) is 0. The second kappa shape index (κ2) is 7.26. The van der Waals surface area contributed by atoms with Gasteiger partial charge in [0.05, 0.1) is 13.3 Å². The standard InChI is InChI=1S/C17H14N4O4/c1-24-14-9-11(7-8-13(14)22)10-18-20-16(23)17-19-15(21-25-17)12-5-3-2-4-6-12/h2-10,22H,1H3,(H,20,23)/b18-10+. The fraction of sp³-hybridized carbons (Fsp3) is 0.0588. The molecule has 0 unspecified atom stereocenters. The van der Waals surface area contributed by atoms with Gasteiger partial charge in [-0.05, 0) is 23.8 Å². The topological polar surface area (TPSA) is 110 Å². The lowest BCUT2D eigenvalue weighted by molar-refractivity contribution is 0.0911. The smallest absolute Gasteiger partial charge is 0.329 e. The van der Waals surface area contributed by atoms with Crippen molar-refractivity contribution in [3.63, 3.8) is 0 Å². The van der Waals surface area contributed by atoms with Crippen LogP contribution in [0.5, 0.6) is 11.5 Å². The first kappa shape index (κ1) is 16.2. The van der Waals surface area contributed by atoms with Crippen LogP contribution in [0.4, 0.5) is 0 Å². The lowest BCUT2D eigenvalue weighted by atomic mass is 10.2. The number of amides is 1. The normalized spacial score (nSPS) is 10.8. The number of aromatic hydroxyl groups is 1. The van der Waals surface area contributed by atoms with Gasteiger partial charge < -0.3 is 14.4 Å². The zero-order valence-corrected chi connectivity index (χ0v) is 13.2. The van der Waals surface area contributed by atoms with E-state index in [-0.39, 0.29) is 11.6 Å². The molecule has 0 saturated heterocycles. The quantitative estimate of drug-likeness (QED) is 0.545. The van der Waals surface area contributed by atoms with Crippen molar-refractivity contribution in [3.8, 4) is 22.9 Å². The first-order chi connectivity index (χ1) is 12.2. The van der Waals surface area contributed by atoms with Crippen LogP contribution in [0.15, 0.2) is 58.2 Å². The van der Waals surface area contributed by atoms with Crippen molar-refractivity contribution in [2.75, 3.05) is 7.11 Å². The second-order valence-corrected chi connectivity index (χ2v) is 4.92. The van der Waals surface area contributed by atoms with Crippen LogP contribution in [0, 0.1) is 0 Å². The van der Waals surface area contributed by atoms with Gasteiger partial charge in [-0.25, -0.2) is 5.43 Å². The van der Waals surface area contributed by atoms with E-state index in [4.69, 9.17) is 9.26 Å². The maximum Gasteiger partial charge on any atom is 0.329 e. The highest BCUT2D eigenvalue weighted by molar-refractivity contribution is 5.91. The number of aromatic nitrogens is 2. The molecule has 0 fully saturated rings. The molecule has 0 aliphatic rings. The number of hydrogen-bond donors (Lipinski definition) is 2. The summed E-state index contributed by atoms with van der Waals surface area (Å²) in [5.74, 6) is -0.184. The Hall–Kier alpha value is -3.68. The van der Waals surface area contributed by atoms with Crippen molar-refractivity contribution in [2.24, 2.45) is 5.10 Å². The lowest BCUT2D eigenvalue weighted by Gasteiger charge is -2.03. The fourth-order valence-corrected chi connectivity index (χ4v) is 2.01. The number of nitrogens with zero attached hydrogens (tertiary/aromatic N) is 3. The molecule has 2 aromatic carbocycles. The summed E-state index contributed by atoms with van der Waals surface area (Å²) < 4.78 is 9.93. The van der Waals surface area contributed by atoms with E-state index in [1.807, 2.05) is 30.3 Å². The van der Waals surface area contributed by atoms with Crippen molar-refractivity contribution in [1.82, 2.24) is 15.6 Å². The Bertz CT molecular complexity index is 906. The summed E-state index contributed by atoms with van der Waals surface area (Å²) in [5, 5.41) is 17.1. The Morgan fingerprint density at radius 3 is 2.84 bits per heavy atom. The van der Waals surface area contributed by atoms with Gasteiger partial charge in [-0.1, -0.05) is 35.5 Å². The summed E-state index contributed by atoms with van der Waals surface area (Å²) in [6.07, 6.45) is 1.40. The molecule has 0 bridgehead atoms. The fourth-order valence-electron chi connectivity index (χ4n) is 2.01. The van der Waals surface area contributed by atoms with Crippen molar-refractivity contribution < 1.29 is 19.2 Å².